The molecule has 0 N–H and O–H groups in total. The molecular weight excluding hydrogens is 183 g/mol. The van der Waals surface area contributed by atoms with Crippen LogP contribution in [0.25, 0.3) is 4.85 Å². The number of pyridine rings is 1. The molecule has 0 aliphatic heterocycles. The number of hydrogen-bond donors (Lipinski definition) is 0. The molecule has 0 aromatic carbocycles. The molecule has 0 unspecified atom stereocenters. The van der Waals surface area contributed by atoms with Gasteiger partial charge in [-0.25, -0.2) is 9.83 Å². The highest BCUT2D eigenvalue weighted by molar-refractivity contribution is 6.34. The van der Waals surface area contributed by atoms with Gasteiger partial charge in [0, 0.05) is 0 Å². The fraction of sp³-hybridized carbons (Fsp3) is 0.143. The molecule has 1 heterocycles. The van der Waals surface area contributed by atoms with Crippen LogP contribution in [-0.2, 0) is 0 Å². The van der Waals surface area contributed by atoms with Gasteiger partial charge < -0.3 is 0 Å². The first-order valence-electron chi connectivity index (χ1n) is 2.85. The Morgan fingerprint density at radius 1 is 1.55 bits per heavy atom. The summed E-state index contributed by atoms with van der Waals surface area (Å²) in [6, 6.07) is 1.61. The van der Waals surface area contributed by atoms with Crippen LogP contribution in [0.15, 0.2) is 6.07 Å². The highest BCUT2D eigenvalue weighted by atomic mass is 35.5. The highest BCUT2D eigenvalue weighted by Crippen LogP contribution is 2.28. The van der Waals surface area contributed by atoms with Crippen LogP contribution >= 0.6 is 23.2 Å². The zero-order valence-corrected chi connectivity index (χ0v) is 7.24. The lowest BCUT2D eigenvalue weighted by atomic mass is 10.3. The van der Waals surface area contributed by atoms with E-state index < -0.39 is 0 Å². The van der Waals surface area contributed by atoms with Gasteiger partial charge in [0.1, 0.15) is 10.3 Å². The van der Waals surface area contributed by atoms with E-state index in [9.17, 15) is 0 Å². The second kappa shape index (κ2) is 3.08. The lowest BCUT2D eigenvalue weighted by Gasteiger charge is -1.98. The monoisotopic (exact) mass is 186 g/mol. The summed E-state index contributed by atoms with van der Waals surface area (Å²) in [5.74, 6) is 0. The van der Waals surface area contributed by atoms with Gasteiger partial charge in [-0.3, -0.25) is 0 Å². The lowest BCUT2D eigenvalue weighted by molar-refractivity contribution is 1.30. The maximum absolute atomic E-state index is 6.75. The molecule has 2 nitrogen and oxygen atoms in total. The van der Waals surface area contributed by atoms with Crippen molar-refractivity contribution in [1.29, 1.82) is 0 Å². The first-order chi connectivity index (χ1) is 5.15. The van der Waals surface area contributed by atoms with Crippen molar-refractivity contribution in [3.63, 3.8) is 0 Å². The summed E-state index contributed by atoms with van der Waals surface area (Å²) in [6.45, 7) is 8.52. The topological polar surface area (TPSA) is 17.2 Å². The Kier molecular flexibility index (Phi) is 2.33. The lowest BCUT2D eigenvalue weighted by Crippen LogP contribution is -1.80. The average molecular weight is 187 g/mol. The molecule has 0 radical (unpaired) electrons. The van der Waals surface area contributed by atoms with Crippen molar-refractivity contribution in [1.82, 2.24) is 4.98 Å². The Morgan fingerprint density at radius 2 is 2.18 bits per heavy atom. The molecule has 0 aliphatic carbocycles. The van der Waals surface area contributed by atoms with Crippen LogP contribution in [-0.4, -0.2) is 4.98 Å². The molecule has 1 rings (SSSR count). The maximum atomic E-state index is 6.75. The van der Waals surface area contributed by atoms with Crippen LogP contribution in [0.1, 0.15) is 5.56 Å². The summed E-state index contributed by atoms with van der Waals surface area (Å²) in [6.07, 6.45) is 0. The fourth-order valence-corrected chi connectivity index (χ4v) is 1.30. The van der Waals surface area contributed by atoms with Gasteiger partial charge in [0.15, 0.2) is 0 Å². The van der Waals surface area contributed by atoms with E-state index in [-0.39, 0.29) is 5.15 Å². The molecule has 0 spiro atoms. The van der Waals surface area contributed by atoms with E-state index in [1.54, 1.807) is 13.0 Å². The average Bonchev–Trinajstić information content (AvgIpc) is 1.85. The van der Waals surface area contributed by atoms with Crippen LogP contribution < -0.4 is 0 Å². The minimum Gasteiger partial charge on any atom is -0.236 e. The van der Waals surface area contributed by atoms with E-state index in [2.05, 4.69) is 9.83 Å². The zero-order chi connectivity index (χ0) is 8.43. The van der Waals surface area contributed by atoms with E-state index in [4.69, 9.17) is 29.8 Å². The predicted molar refractivity (Wildman–Crippen MR) is 45.3 cm³/mol. The van der Waals surface area contributed by atoms with Gasteiger partial charge in [-0.2, -0.15) is 0 Å². The van der Waals surface area contributed by atoms with Crippen molar-refractivity contribution in [3.8, 4) is 0 Å². The summed E-state index contributed by atoms with van der Waals surface area (Å²) in [5.41, 5.74) is 1.13. The number of aryl methyl sites for hydroxylation is 1. The SMILES string of the molecule is [C-]#[N+]c1c(C)cc(Cl)nc1Cl. The quantitative estimate of drug-likeness (QED) is 0.450. The number of halogens is 2. The van der Waals surface area contributed by atoms with Gasteiger partial charge >= 0.3 is 0 Å². The Hall–Kier alpha value is -0.780. The van der Waals surface area contributed by atoms with Crippen molar-refractivity contribution in [3.05, 3.63) is 33.4 Å². The van der Waals surface area contributed by atoms with Gasteiger partial charge in [0.05, 0.1) is 6.57 Å². The molecule has 0 aliphatic rings. The van der Waals surface area contributed by atoms with Crippen molar-refractivity contribution < 1.29 is 0 Å². The Morgan fingerprint density at radius 3 is 2.64 bits per heavy atom. The number of nitrogens with zero attached hydrogens (tertiary/aromatic N) is 2. The highest BCUT2D eigenvalue weighted by Gasteiger charge is 2.05. The van der Waals surface area contributed by atoms with Gasteiger partial charge in [-0.05, 0) is 18.6 Å². The molecular formula is C7H4Cl2N2. The summed E-state index contributed by atoms with van der Waals surface area (Å²) in [4.78, 5) is 6.93. The smallest absolute Gasteiger partial charge is 0.226 e. The van der Waals surface area contributed by atoms with Gasteiger partial charge in [-0.15, -0.1) is 0 Å². The van der Waals surface area contributed by atoms with Gasteiger partial charge in [-0.1, -0.05) is 23.2 Å². The molecule has 1 aromatic rings. The Labute approximate surface area is 74.6 Å². The molecule has 0 saturated heterocycles. The molecule has 56 valence electrons. The first-order valence-corrected chi connectivity index (χ1v) is 3.61. The Bertz CT molecular complexity index is 305. The van der Waals surface area contributed by atoms with E-state index in [1.165, 1.54) is 0 Å². The summed E-state index contributed by atoms with van der Waals surface area (Å²) in [7, 11) is 0. The van der Waals surface area contributed by atoms with E-state index in [0.717, 1.165) is 5.56 Å². The van der Waals surface area contributed by atoms with Crippen LogP contribution in [0, 0.1) is 13.5 Å². The minimum absolute atomic E-state index is 0.171. The maximum Gasteiger partial charge on any atom is 0.226 e. The first kappa shape index (κ1) is 8.32. The predicted octanol–water partition coefficient (Wildman–Crippen LogP) is 3.25. The fourth-order valence-electron chi connectivity index (χ4n) is 0.723. The standard InChI is InChI=1S/C7H4Cl2N2/c1-4-3-5(8)11-7(9)6(4)10-2/h3H,1H3. The van der Waals surface area contributed by atoms with Crippen molar-refractivity contribution in [2.24, 2.45) is 0 Å². The molecule has 0 amide bonds. The summed E-state index contributed by atoms with van der Waals surface area (Å²) in [5, 5.41) is 0.491. The van der Waals surface area contributed by atoms with Crippen LogP contribution in [0.5, 0.6) is 0 Å². The Balaban J connectivity index is 3.40. The van der Waals surface area contributed by atoms with E-state index in [1.807, 2.05) is 0 Å². The third-order valence-corrected chi connectivity index (χ3v) is 1.68. The molecule has 0 bridgehead atoms. The normalized spacial score (nSPS) is 9.27. The third-order valence-electron chi connectivity index (χ3n) is 1.22. The van der Waals surface area contributed by atoms with Gasteiger partial charge in [0.2, 0.25) is 5.69 Å². The van der Waals surface area contributed by atoms with Crippen LogP contribution in [0.3, 0.4) is 0 Å². The molecule has 0 saturated carbocycles. The van der Waals surface area contributed by atoms with Crippen molar-refractivity contribution >= 4 is 28.9 Å². The second-order valence-electron chi connectivity index (χ2n) is 2.01. The van der Waals surface area contributed by atoms with E-state index in [0.29, 0.717) is 10.8 Å². The number of rotatable bonds is 0. The van der Waals surface area contributed by atoms with Crippen LogP contribution in [0.2, 0.25) is 10.3 Å². The van der Waals surface area contributed by atoms with E-state index >= 15 is 0 Å². The molecule has 4 heteroatoms. The third kappa shape index (κ3) is 1.62. The van der Waals surface area contributed by atoms with Gasteiger partial charge in [0.25, 0.3) is 0 Å². The largest absolute Gasteiger partial charge is 0.236 e. The summed E-state index contributed by atoms with van der Waals surface area (Å²) >= 11 is 11.2. The van der Waals surface area contributed by atoms with Crippen molar-refractivity contribution in [2.75, 3.05) is 0 Å². The second-order valence-corrected chi connectivity index (χ2v) is 2.76. The number of hydrogen-bond acceptors (Lipinski definition) is 1. The molecule has 0 fully saturated rings. The molecule has 0 atom stereocenters. The minimum atomic E-state index is 0.171. The summed E-state index contributed by atoms with van der Waals surface area (Å²) < 4.78 is 0. The molecule has 11 heavy (non-hydrogen) atoms. The van der Waals surface area contributed by atoms with Crippen molar-refractivity contribution in [2.45, 2.75) is 6.92 Å². The van der Waals surface area contributed by atoms with Crippen LogP contribution in [0.4, 0.5) is 5.69 Å². The zero-order valence-electron chi connectivity index (χ0n) is 5.73. The number of aromatic nitrogens is 1. The molecule has 1 aromatic heterocycles.